The molecule has 1 unspecified atom stereocenters. The summed E-state index contributed by atoms with van der Waals surface area (Å²) < 4.78 is 0. The number of carbonyl (C=O) groups excluding carboxylic acids is 1. The maximum atomic E-state index is 13.0. The van der Waals surface area contributed by atoms with Gasteiger partial charge in [0, 0.05) is 22.6 Å². The molecule has 1 aliphatic heterocycles. The molecule has 0 aliphatic carbocycles. The molecular weight excluding hydrogens is 448 g/mol. The highest BCUT2D eigenvalue weighted by Gasteiger charge is 2.26. The van der Waals surface area contributed by atoms with Crippen molar-refractivity contribution in [3.63, 3.8) is 0 Å². The van der Waals surface area contributed by atoms with Crippen molar-refractivity contribution in [2.45, 2.75) is 33.2 Å². The average molecular weight is 475 g/mol. The molecule has 1 aromatic heterocycles. The molecule has 2 heterocycles. The summed E-state index contributed by atoms with van der Waals surface area (Å²) in [5.74, 6) is 0.661. The third-order valence-corrected chi connectivity index (χ3v) is 5.38. The molecule has 1 aliphatic rings. The van der Waals surface area contributed by atoms with E-state index in [2.05, 4.69) is 36.1 Å². The summed E-state index contributed by atoms with van der Waals surface area (Å²) in [5.41, 5.74) is 4.96. The summed E-state index contributed by atoms with van der Waals surface area (Å²) in [5, 5.41) is 3.53. The molecule has 3 N–H and O–H groups in total. The van der Waals surface area contributed by atoms with Gasteiger partial charge < -0.3 is 15.3 Å². The standard InChI is InChI=1S/C23H17ClN4O2.C4H10/c24-15-7-9-17-16(12-15)21(14-6-8-18-19(11-14)28-23(30)27-18)25-20(22(29)26-17)10-13-4-2-1-3-5-13;1-4(2)3/h1-9,11-12,20H,10H2,(H,26,29)(H2,27,28,30);4H,1-3H3. The molecule has 1 amide bonds. The molecule has 7 heteroatoms. The second-order valence-corrected chi connectivity index (χ2v) is 9.37. The predicted octanol–water partition coefficient (Wildman–Crippen LogP) is 5.57. The van der Waals surface area contributed by atoms with Crippen LogP contribution < -0.4 is 11.0 Å². The van der Waals surface area contributed by atoms with E-state index in [9.17, 15) is 9.59 Å². The van der Waals surface area contributed by atoms with E-state index in [1.54, 1.807) is 18.2 Å². The van der Waals surface area contributed by atoms with Gasteiger partial charge in [-0.25, -0.2) is 4.79 Å². The van der Waals surface area contributed by atoms with Crippen LogP contribution in [0.3, 0.4) is 0 Å². The predicted molar refractivity (Wildman–Crippen MR) is 139 cm³/mol. The Balaban J connectivity index is 0.000000636. The zero-order valence-electron chi connectivity index (χ0n) is 19.4. The third kappa shape index (κ3) is 5.46. The van der Waals surface area contributed by atoms with Crippen LogP contribution in [0.5, 0.6) is 0 Å². The van der Waals surface area contributed by atoms with Crippen molar-refractivity contribution in [2.24, 2.45) is 10.9 Å². The van der Waals surface area contributed by atoms with Gasteiger partial charge >= 0.3 is 5.69 Å². The molecule has 3 aromatic carbocycles. The lowest BCUT2D eigenvalue weighted by Gasteiger charge is -2.11. The van der Waals surface area contributed by atoms with Crippen LogP contribution >= 0.6 is 11.6 Å². The fourth-order valence-electron chi connectivity index (χ4n) is 3.71. The van der Waals surface area contributed by atoms with Gasteiger partial charge in [-0.2, -0.15) is 0 Å². The fourth-order valence-corrected chi connectivity index (χ4v) is 3.88. The molecule has 34 heavy (non-hydrogen) atoms. The number of nitrogens with zero attached hydrogens (tertiary/aromatic N) is 1. The van der Waals surface area contributed by atoms with Gasteiger partial charge in [0.1, 0.15) is 6.04 Å². The quantitative estimate of drug-likeness (QED) is 0.362. The first-order chi connectivity index (χ1) is 16.3. The highest BCUT2D eigenvalue weighted by molar-refractivity contribution is 6.32. The number of imidazole rings is 1. The molecule has 174 valence electrons. The van der Waals surface area contributed by atoms with E-state index in [4.69, 9.17) is 16.6 Å². The van der Waals surface area contributed by atoms with Crippen molar-refractivity contribution in [2.75, 3.05) is 5.32 Å². The Labute approximate surface area is 203 Å². The van der Waals surface area contributed by atoms with Gasteiger partial charge in [-0.1, -0.05) is 68.8 Å². The fraction of sp³-hybridized carbons (Fsp3) is 0.222. The van der Waals surface area contributed by atoms with Gasteiger partial charge in [0.25, 0.3) is 0 Å². The van der Waals surface area contributed by atoms with E-state index < -0.39 is 6.04 Å². The SMILES string of the molecule is CC(C)C.O=C1Nc2ccc(Cl)cc2C(c2ccc3[nH]c(=O)[nH]c3c2)=NC1Cc1ccccc1. The lowest BCUT2D eigenvalue weighted by atomic mass is 10.00. The molecule has 0 bridgehead atoms. The number of benzodiazepines with no additional fused rings is 1. The number of hydrogen-bond acceptors (Lipinski definition) is 3. The number of aliphatic imine (C=N–C) groups is 1. The molecule has 0 fully saturated rings. The highest BCUT2D eigenvalue weighted by atomic mass is 35.5. The Morgan fingerprint density at radius 2 is 1.62 bits per heavy atom. The van der Waals surface area contributed by atoms with Gasteiger partial charge in [0.15, 0.2) is 0 Å². The van der Waals surface area contributed by atoms with E-state index in [-0.39, 0.29) is 11.6 Å². The number of rotatable bonds is 3. The lowest BCUT2D eigenvalue weighted by molar-refractivity contribution is -0.117. The van der Waals surface area contributed by atoms with Crippen molar-refractivity contribution in [1.82, 2.24) is 9.97 Å². The molecular formula is C27H27ClN4O2. The topological polar surface area (TPSA) is 90.1 Å². The number of carbonyl (C=O) groups is 1. The molecule has 1 atom stereocenters. The first kappa shape index (κ1) is 23.5. The monoisotopic (exact) mass is 474 g/mol. The average Bonchev–Trinajstić information content (AvgIpc) is 3.11. The summed E-state index contributed by atoms with van der Waals surface area (Å²) in [6.07, 6.45) is 0.473. The van der Waals surface area contributed by atoms with Crippen molar-refractivity contribution >= 4 is 39.9 Å². The molecule has 6 nitrogen and oxygen atoms in total. The smallest absolute Gasteiger partial charge is 0.323 e. The number of anilines is 1. The molecule has 0 radical (unpaired) electrons. The van der Waals surface area contributed by atoms with Crippen molar-refractivity contribution < 1.29 is 4.79 Å². The van der Waals surface area contributed by atoms with Crippen LogP contribution in [-0.2, 0) is 11.2 Å². The Morgan fingerprint density at radius 1 is 0.912 bits per heavy atom. The van der Waals surface area contributed by atoms with Gasteiger partial charge in [0.2, 0.25) is 5.91 Å². The summed E-state index contributed by atoms with van der Waals surface area (Å²) in [7, 11) is 0. The molecule has 0 spiro atoms. The van der Waals surface area contributed by atoms with Gasteiger partial charge in [-0.3, -0.25) is 9.79 Å². The summed E-state index contributed by atoms with van der Waals surface area (Å²) in [6.45, 7) is 6.50. The van der Waals surface area contributed by atoms with Gasteiger partial charge in [-0.15, -0.1) is 0 Å². The molecule has 4 aromatic rings. The number of amides is 1. The lowest BCUT2D eigenvalue weighted by Crippen LogP contribution is -2.27. The second kappa shape index (κ2) is 10.1. The summed E-state index contributed by atoms with van der Waals surface area (Å²) >= 11 is 6.26. The van der Waals surface area contributed by atoms with Crippen LogP contribution in [0.4, 0.5) is 5.69 Å². The van der Waals surface area contributed by atoms with E-state index in [1.165, 1.54) is 0 Å². The van der Waals surface area contributed by atoms with Gasteiger partial charge in [0.05, 0.1) is 22.4 Å². The largest absolute Gasteiger partial charge is 0.324 e. The zero-order valence-corrected chi connectivity index (χ0v) is 20.1. The normalized spacial score (nSPS) is 15.1. The van der Waals surface area contributed by atoms with E-state index in [1.807, 2.05) is 48.5 Å². The maximum absolute atomic E-state index is 13.0. The molecule has 0 saturated heterocycles. The van der Waals surface area contributed by atoms with E-state index in [0.717, 1.165) is 22.6 Å². The number of H-pyrrole nitrogens is 2. The number of nitrogens with one attached hydrogen (secondary N) is 3. The number of hydrogen-bond donors (Lipinski definition) is 3. The first-order valence-electron chi connectivity index (χ1n) is 11.2. The minimum absolute atomic E-state index is 0.173. The number of aromatic amines is 2. The van der Waals surface area contributed by atoms with Crippen molar-refractivity contribution in [1.29, 1.82) is 0 Å². The van der Waals surface area contributed by atoms with Crippen LogP contribution in [0, 0.1) is 5.92 Å². The first-order valence-corrected chi connectivity index (χ1v) is 11.6. The van der Waals surface area contributed by atoms with Crippen LogP contribution in [0.25, 0.3) is 11.0 Å². The minimum atomic E-state index is -0.602. The van der Waals surface area contributed by atoms with Crippen molar-refractivity contribution in [3.8, 4) is 0 Å². The maximum Gasteiger partial charge on any atom is 0.323 e. The second-order valence-electron chi connectivity index (χ2n) is 8.93. The van der Waals surface area contributed by atoms with E-state index >= 15 is 0 Å². The Morgan fingerprint density at radius 3 is 2.35 bits per heavy atom. The molecule has 5 rings (SSSR count). The third-order valence-electron chi connectivity index (χ3n) is 5.14. The summed E-state index contributed by atoms with van der Waals surface area (Å²) in [4.78, 5) is 35.0. The van der Waals surface area contributed by atoms with Crippen LogP contribution in [0.2, 0.25) is 5.02 Å². The number of aromatic nitrogens is 2. The Kier molecular flexibility index (Phi) is 6.98. The Hall–Kier alpha value is -3.64. The number of halogens is 1. The van der Waals surface area contributed by atoms with Crippen molar-refractivity contribution in [3.05, 3.63) is 98.9 Å². The Bertz CT molecular complexity index is 1400. The van der Waals surface area contributed by atoms with Crippen LogP contribution in [0.1, 0.15) is 37.5 Å². The highest BCUT2D eigenvalue weighted by Crippen LogP contribution is 2.28. The number of benzene rings is 3. The van der Waals surface area contributed by atoms with Crippen LogP contribution in [0.15, 0.2) is 76.5 Å². The zero-order chi connectivity index (χ0) is 24.2. The molecule has 0 saturated carbocycles. The van der Waals surface area contributed by atoms with Crippen LogP contribution in [-0.4, -0.2) is 27.6 Å². The van der Waals surface area contributed by atoms with Gasteiger partial charge in [-0.05, 0) is 41.8 Å². The van der Waals surface area contributed by atoms with E-state index in [0.29, 0.717) is 33.9 Å². The number of fused-ring (bicyclic) bond motifs is 2. The minimum Gasteiger partial charge on any atom is -0.324 e. The summed E-state index contributed by atoms with van der Waals surface area (Å²) in [6, 6.07) is 20.1.